The Morgan fingerprint density at radius 3 is 1.76 bits per heavy atom. The SMILES string of the molecule is FC1=C(C(F)(F)F)N2CCCC2C1(C(F)(F)F)C(F)(F)F. The predicted molar refractivity (Wildman–Crippen MR) is 48.5 cm³/mol. The zero-order valence-corrected chi connectivity index (χ0v) is 9.93. The molecule has 2 heterocycles. The van der Waals surface area contributed by atoms with Crippen molar-refractivity contribution in [2.75, 3.05) is 6.54 Å². The maximum Gasteiger partial charge on any atom is 0.433 e. The van der Waals surface area contributed by atoms with Gasteiger partial charge >= 0.3 is 18.5 Å². The molecular formula is C10H7F10N. The van der Waals surface area contributed by atoms with Crippen molar-refractivity contribution in [3.63, 3.8) is 0 Å². The topological polar surface area (TPSA) is 3.24 Å². The van der Waals surface area contributed by atoms with Gasteiger partial charge in [0, 0.05) is 6.54 Å². The molecule has 1 unspecified atom stereocenters. The first-order chi connectivity index (χ1) is 9.26. The lowest BCUT2D eigenvalue weighted by Crippen LogP contribution is -2.57. The predicted octanol–water partition coefficient (Wildman–Crippen LogP) is 4.32. The van der Waals surface area contributed by atoms with Crippen molar-refractivity contribution in [2.45, 2.75) is 37.4 Å². The van der Waals surface area contributed by atoms with Gasteiger partial charge in [0.05, 0.1) is 6.04 Å². The second-order valence-electron chi connectivity index (χ2n) is 4.82. The van der Waals surface area contributed by atoms with E-state index in [0.29, 0.717) is 0 Å². The van der Waals surface area contributed by atoms with Crippen LogP contribution in [0.1, 0.15) is 12.8 Å². The van der Waals surface area contributed by atoms with E-state index in [9.17, 15) is 43.9 Å². The lowest BCUT2D eigenvalue weighted by molar-refractivity contribution is -0.338. The van der Waals surface area contributed by atoms with E-state index in [1.807, 2.05) is 0 Å². The van der Waals surface area contributed by atoms with Crippen LogP contribution in [0.4, 0.5) is 43.9 Å². The minimum absolute atomic E-state index is 0.156. The van der Waals surface area contributed by atoms with E-state index in [-0.39, 0.29) is 11.3 Å². The number of halogens is 10. The van der Waals surface area contributed by atoms with Crippen molar-refractivity contribution in [2.24, 2.45) is 5.41 Å². The van der Waals surface area contributed by atoms with Crippen LogP contribution >= 0.6 is 0 Å². The molecule has 21 heavy (non-hydrogen) atoms. The summed E-state index contributed by atoms with van der Waals surface area (Å²) in [6, 6.07) is -2.66. The molecule has 0 bridgehead atoms. The van der Waals surface area contributed by atoms with E-state index in [2.05, 4.69) is 0 Å². The number of hydrogen-bond acceptors (Lipinski definition) is 1. The van der Waals surface area contributed by atoms with Crippen molar-refractivity contribution in [1.82, 2.24) is 4.90 Å². The van der Waals surface area contributed by atoms with Gasteiger partial charge in [0.1, 0.15) is 0 Å². The number of rotatable bonds is 0. The number of hydrogen-bond donors (Lipinski definition) is 0. The molecule has 0 aromatic rings. The third-order valence-electron chi connectivity index (χ3n) is 3.76. The molecule has 0 aliphatic carbocycles. The number of allylic oxidation sites excluding steroid dienone is 1. The highest BCUT2D eigenvalue weighted by atomic mass is 19.4. The summed E-state index contributed by atoms with van der Waals surface area (Å²) in [5.41, 5.74) is -7.60. The fourth-order valence-electron chi connectivity index (χ4n) is 3.02. The van der Waals surface area contributed by atoms with Gasteiger partial charge in [0.15, 0.2) is 11.5 Å². The number of fused-ring (bicyclic) bond motifs is 1. The molecule has 1 nitrogen and oxygen atoms in total. The molecule has 1 saturated heterocycles. The monoisotopic (exact) mass is 331 g/mol. The Morgan fingerprint density at radius 1 is 0.905 bits per heavy atom. The molecule has 2 aliphatic rings. The summed E-state index contributed by atoms with van der Waals surface area (Å²) >= 11 is 0. The van der Waals surface area contributed by atoms with Crippen LogP contribution in [-0.4, -0.2) is 36.0 Å². The van der Waals surface area contributed by atoms with Crippen molar-refractivity contribution in [1.29, 1.82) is 0 Å². The third kappa shape index (κ3) is 1.91. The fourth-order valence-corrected chi connectivity index (χ4v) is 3.02. The number of nitrogens with zero attached hydrogens (tertiary/aromatic N) is 1. The summed E-state index contributed by atoms with van der Waals surface area (Å²) < 4.78 is 130. The molecule has 0 spiro atoms. The maximum atomic E-state index is 13.8. The Kier molecular flexibility index (Phi) is 3.23. The Labute approximate surface area is 111 Å². The van der Waals surface area contributed by atoms with Crippen LogP contribution in [0.15, 0.2) is 11.5 Å². The average molecular weight is 331 g/mol. The molecule has 0 aromatic carbocycles. The van der Waals surface area contributed by atoms with Gasteiger partial charge in [-0.05, 0) is 12.8 Å². The molecule has 122 valence electrons. The lowest BCUT2D eigenvalue weighted by atomic mass is 9.78. The van der Waals surface area contributed by atoms with Gasteiger partial charge in [0.25, 0.3) is 0 Å². The molecule has 1 atom stereocenters. The second kappa shape index (κ2) is 4.19. The van der Waals surface area contributed by atoms with Gasteiger partial charge < -0.3 is 4.90 Å². The van der Waals surface area contributed by atoms with E-state index in [4.69, 9.17) is 0 Å². The van der Waals surface area contributed by atoms with Crippen LogP contribution in [0.2, 0.25) is 0 Å². The molecule has 2 aliphatic heterocycles. The summed E-state index contributed by atoms with van der Waals surface area (Å²) in [5.74, 6) is -3.21. The van der Waals surface area contributed by atoms with Gasteiger partial charge in [-0.3, -0.25) is 0 Å². The Balaban J connectivity index is 2.79. The Morgan fingerprint density at radius 2 is 1.38 bits per heavy atom. The molecular weight excluding hydrogens is 324 g/mol. The molecule has 0 radical (unpaired) electrons. The van der Waals surface area contributed by atoms with E-state index in [1.165, 1.54) is 0 Å². The van der Waals surface area contributed by atoms with Crippen molar-refractivity contribution < 1.29 is 43.9 Å². The first-order valence-electron chi connectivity index (χ1n) is 5.63. The van der Waals surface area contributed by atoms with Crippen LogP contribution in [0, 0.1) is 5.41 Å². The first-order valence-corrected chi connectivity index (χ1v) is 5.63. The summed E-state index contributed by atoms with van der Waals surface area (Å²) in [6.07, 6.45) is -19.2. The van der Waals surface area contributed by atoms with Gasteiger partial charge in [0.2, 0.25) is 5.41 Å². The zero-order valence-electron chi connectivity index (χ0n) is 9.93. The minimum Gasteiger partial charge on any atom is -0.361 e. The molecule has 0 N–H and O–H groups in total. The fraction of sp³-hybridized carbons (Fsp3) is 0.800. The molecule has 1 fully saturated rings. The van der Waals surface area contributed by atoms with Crippen LogP contribution in [0.3, 0.4) is 0 Å². The molecule has 0 amide bonds. The molecule has 11 heteroatoms. The summed E-state index contributed by atoms with van der Waals surface area (Å²) in [7, 11) is 0. The minimum atomic E-state index is -6.23. The van der Waals surface area contributed by atoms with Crippen LogP contribution in [0.5, 0.6) is 0 Å². The van der Waals surface area contributed by atoms with Gasteiger partial charge in [-0.1, -0.05) is 0 Å². The van der Waals surface area contributed by atoms with E-state index >= 15 is 0 Å². The number of alkyl halides is 9. The Hall–Kier alpha value is -1.16. The second-order valence-corrected chi connectivity index (χ2v) is 4.82. The van der Waals surface area contributed by atoms with Crippen molar-refractivity contribution in [3.8, 4) is 0 Å². The standard InChI is InChI=1S/C10H7F10N/c11-5-6(8(12,13)14)21-3-1-2-4(21)7(5,9(15,16)17)10(18,19)20/h4H,1-3H2. The molecule has 0 saturated carbocycles. The molecule has 2 rings (SSSR count). The van der Waals surface area contributed by atoms with Crippen LogP contribution in [-0.2, 0) is 0 Å². The van der Waals surface area contributed by atoms with E-state index in [0.717, 1.165) is 0 Å². The normalized spacial score (nSPS) is 26.6. The summed E-state index contributed by atoms with van der Waals surface area (Å²) in [6.45, 7) is -0.707. The largest absolute Gasteiger partial charge is 0.433 e. The van der Waals surface area contributed by atoms with Crippen LogP contribution < -0.4 is 0 Å². The molecule has 0 aromatic heterocycles. The average Bonchev–Trinajstić information content (AvgIpc) is 2.68. The van der Waals surface area contributed by atoms with Crippen molar-refractivity contribution >= 4 is 0 Å². The zero-order chi connectivity index (χ0) is 16.4. The van der Waals surface area contributed by atoms with Crippen LogP contribution in [0.25, 0.3) is 0 Å². The maximum absolute atomic E-state index is 13.8. The first kappa shape index (κ1) is 16.2. The quantitative estimate of drug-likeness (QED) is 0.598. The van der Waals surface area contributed by atoms with E-state index < -0.39 is 54.5 Å². The summed E-state index contributed by atoms with van der Waals surface area (Å²) in [4.78, 5) is -0.156. The highest BCUT2D eigenvalue weighted by Gasteiger charge is 2.82. The van der Waals surface area contributed by atoms with Gasteiger partial charge in [-0.15, -0.1) is 0 Å². The van der Waals surface area contributed by atoms with Gasteiger partial charge in [-0.25, -0.2) is 4.39 Å². The lowest BCUT2D eigenvalue weighted by Gasteiger charge is -2.38. The van der Waals surface area contributed by atoms with E-state index in [1.54, 1.807) is 0 Å². The van der Waals surface area contributed by atoms with Crippen molar-refractivity contribution in [3.05, 3.63) is 11.5 Å². The highest BCUT2D eigenvalue weighted by Crippen LogP contribution is 2.66. The van der Waals surface area contributed by atoms with Gasteiger partial charge in [-0.2, -0.15) is 39.5 Å². The Bertz CT molecular complexity index is 454. The highest BCUT2D eigenvalue weighted by molar-refractivity contribution is 5.35. The third-order valence-corrected chi connectivity index (χ3v) is 3.76. The smallest absolute Gasteiger partial charge is 0.361 e. The summed E-state index contributed by atoms with van der Waals surface area (Å²) in [5, 5.41) is 0.